The Hall–Kier alpha value is 0.419. The first-order valence-corrected chi connectivity index (χ1v) is 2.13. The van der Waals surface area contributed by atoms with Crippen LogP contribution >= 0.6 is 0 Å². The third kappa shape index (κ3) is 10.4. The SMILES string of the molecule is O=C([O-])CC(O)C(=O)[O-].[Fe+2].[Na+]. The Morgan fingerprint density at radius 2 is 1.73 bits per heavy atom. The second-order valence-electron chi connectivity index (χ2n) is 1.41. The van der Waals surface area contributed by atoms with Crippen molar-refractivity contribution < 1.29 is 71.5 Å². The van der Waals surface area contributed by atoms with Crippen LogP contribution in [0, 0.1) is 0 Å². The molecule has 0 saturated carbocycles. The normalized spacial score (nSPS) is 10.3. The van der Waals surface area contributed by atoms with Crippen LogP contribution in [0.2, 0.25) is 0 Å². The Labute approximate surface area is 95.5 Å². The van der Waals surface area contributed by atoms with Crippen LogP contribution in [-0.4, -0.2) is 23.1 Å². The zero-order valence-electron chi connectivity index (χ0n) is 5.72. The van der Waals surface area contributed by atoms with Crippen LogP contribution in [0.3, 0.4) is 0 Å². The van der Waals surface area contributed by atoms with E-state index in [1.807, 2.05) is 0 Å². The van der Waals surface area contributed by atoms with Crippen LogP contribution < -0.4 is 39.8 Å². The van der Waals surface area contributed by atoms with E-state index >= 15 is 0 Å². The van der Waals surface area contributed by atoms with Crippen molar-refractivity contribution in [3.63, 3.8) is 0 Å². The largest absolute Gasteiger partial charge is 2.00 e. The first-order chi connectivity index (χ1) is 4.04. The molecule has 0 heterocycles. The minimum atomic E-state index is -1.96. The van der Waals surface area contributed by atoms with Crippen LogP contribution in [0.5, 0.6) is 0 Å². The average molecular weight is 211 g/mol. The minimum absolute atomic E-state index is 0. The van der Waals surface area contributed by atoms with E-state index in [4.69, 9.17) is 5.11 Å². The van der Waals surface area contributed by atoms with Gasteiger partial charge in [0.15, 0.2) is 0 Å². The van der Waals surface area contributed by atoms with Gasteiger partial charge in [0.2, 0.25) is 0 Å². The van der Waals surface area contributed by atoms with Gasteiger partial charge in [-0.3, -0.25) is 0 Å². The number of rotatable bonds is 3. The van der Waals surface area contributed by atoms with E-state index in [0.717, 1.165) is 0 Å². The summed E-state index contributed by atoms with van der Waals surface area (Å²) in [6.07, 6.45) is -2.89. The van der Waals surface area contributed by atoms with Gasteiger partial charge < -0.3 is 24.9 Å². The van der Waals surface area contributed by atoms with Crippen molar-refractivity contribution in [3.8, 4) is 0 Å². The maximum atomic E-state index is 9.58. The number of carboxylic acids is 2. The van der Waals surface area contributed by atoms with Crippen LogP contribution in [0.25, 0.3) is 0 Å². The maximum absolute atomic E-state index is 9.58. The zero-order valence-corrected chi connectivity index (χ0v) is 8.82. The molecule has 0 aromatic rings. The Morgan fingerprint density at radius 1 is 1.36 bits per heavy atom. The fourth-order valence-electron chi connectivity index (χ4n) is 0.241. The predicted molar refractivity (Wildman–Crippen MR) is 20.6 cm³/mol. The molecule has 0 rings (SSSR count). The van der Waals surface area contributed by atoms with E-state index in [-0.39, 0.29) is 46.6 Å². The molecule has 11 heavy (non-hydrogen) atoms. The molecule has 0 saturated heterocycles. The molecule has 0 amide bonds. The van der Waals surface area contributed by atoms with Gasteiger partial charge in [0, 0.05) is 12.4 Å². The van der Waals surface area contributed by atoms with E-state index in [2.05, 4.69) is 0 Å². The van der Waals surface area contributed by atoms with E-state index in [9.17, 15) is 19.8 Å². The smallest absolute Gasteiger partial charge is 0.550 e. The van der Waals surface area contributed by atoms with Crippen molar-refractivity contribution in [3.05, 3.63) is 0 Å². The van der Waals surface area contributed by atoms with Gasteiger partial charge in [0.25, 0.3) is 0 Å². The molecule has 58 valence electrons. The number of aliphatic hydroxyl groups is 1. The van der Waals surface area contributed by atoms with Crippen LogP contribution in [0.4, 0.5) is 0 Å². The molecule has 0 aliphatic carbocycles. The predicted octanol–water partition coefficient (Wildman–Crippen LogP) is -6.76. The molecule has 1 N–H and O–H groups in total. The van der Waals surface area contributed by atoms with Crippen LogP contribution in [0.15, 0.2) is 0 Å². The molecule has 0 aliphatic rings. The number of aliphatic carboxylic acids is 2. The Balaban J connectivity index is -0.000000320. The second kappa shape index (κ2) is 8.52. The van der Waals surface area contributed by atoms with Gasteiger partial charge in [-0.05, 0) is 0 Å². The van der Waals surface area contributed by atoms with Crippen molar-refractivity contribution in [2.75, 3.05) is 0 Å². The quantitative estimate of drug-likeness (QED) is 0.467. The molecule has 7 heteroatoms. The molecule has 0 radical (unpaired) electrons. The molecule has 0 aromatic heterocycles. The molecule has 1 unspecified atom stereocenters. The molecule has 0 fully saturated rings. The molecule has 5 nitrogen and oxygen atoms in total. The average Bonchev–Trinajstić information content (AvgIpc) is 1.63. The molecule has 0 aliphatic heterocycles. The van der Waals surface area contributed by atoms with Crippen LogP contribution in [0.1, 0.15) is 6.42 Å². The fraction of sp³-hybridized carbons (Fsp3) is 0.500. The Kier molecular flexibility index (Phi) is 13.5. The van der Waals surface area contributed by atoms with Gasteiger partial charge in [-0.2, -0.15) is 0 Å². The molecule has 1 atom stereocenters. The topological polar surface area (TPSA) is 100 Å². The first kappa shape index (κ1) is 17.5. The molecular weight excluding hydrogens is 207 g/mol. The number of carbonyl (C=O) groups is 2. The van der Waals surface area contributed by atoms with Gasteiger partial charge in [0.1, 0.15) is 0 Å². The number of hydrogen-bond donors (Lipinski definition) is 1. The zero-order chi connectivity index (χ0) is 7.44. The van der Waals surface area contributed by atoms with E-state index in [1.165, 1.54) is 0 Å². The number of carboxylic acid groups (broad SMARTS) is 2. The Morgan fingerprint density at radius 3 is 1.82 bits per heavy atom. The van der Waals surface area contributed by atoms with Crippen molar-refractivity contribution in [2.45, 2.75) is 12.5 Å². The van der Waals surface area contributed by atoms with Gasteiger partial charge in [-0.25, -0.2) is 0 Å². The molecule has 0 bridgehead atoms. The number of hydrogen-bond acceptors (Lipinski definition) is 5. The minimum Gasteiger partial charge on any atom is -0.550 e. The molecule has 0 aromatic carbocycles. The van der Waals surface area contributed by atoms with Crippen LogP contribution in [-0.2, 0) is 26.7 Å². The van der Waals surface area contributed by atoms with E-state index in [0.29, 0.717) is 0 Å². The summed E-state index contributed by atoms with van der Waals surface area (Å²) in [5.74, 6) is -3.43. The summed E-state index contributed by atoms with van der Waals surface area (Å²) in [7, 11) is 0. The number of aliphatic hydroxyl groups excluding tert-OH is 1. The third-order valence-corrected chi connectivity index (χ3v) is 0.632. The van der Waals surface area contributed by atoms with Gasteiger partial charge in [0.05, 0.1) is 12.1 Å². The van der Waals surface area contributed by atoms with Gasteiger partial charge in [-0.1, -0.05) is 0 Å². The summed E-state index contributed by atoms with van der Waals surface area (Å²) in [6, 6.07) is 0. The fourth-order valence-corrected chi connectivity index (χ4v) is 0.241. The first-order valence-electron chi connectivity index (χ1n) is 2.13. The van der Waals surface area contributed by atoms with E-state index in [1.54, 1.807) is 0 Å². The Bertz CT molecular complexity index is 138. The summed E-state index contributed by atoms with van der Waals surface area (Å²) in [4.78, 5) is 19.1. The summed E-state index contributed by atoms with van der Waals surface area (Å²) in [5.41, 5.74) is 0. The summed E-state index contributed by atoms with van der Waals surface area (Å²) >= 11 is 0. The van der Waals surface area contributed by atoms with Crippen molar-refractivity contribution >= 4 is 11.9 Å². The summed E-state index contributed by atoms with van der Waals surface area (Å²) in [5, 5.41) is 27.3. The standard InChI is InChI=1S/C4H6O5.Fe.Na/c5-2(4(8)9)1-3(6)7;;/h2,5H,1H2,(H,6,7)(H,8,9);;/q;+2;+1/p-2. The second-order valence-corrected chi connectivity index (χ2v) is 1.41. The molecule has 0 spiro atoms. The van der Waals surface area contributed by atoms with Crippen molar-refractivity contribution in [1.82, 2.24) is 0 Å². The number of carbonyl (C=O) groups excluding carboxylic acids is 2. The summed E-state index contributed by atoms with van der Waals surface area (Å²) in [6.45, 7) is 0. The summed E-state index contributed by atoms with van der Waals surface area (Å²) < 4.78 is 0. The third-order valence-electron chi connectivity index (χ3n) is 0.632. The van der Waals surface area contributed by atoms with Crippen molar-refractivity contribution in [2.24, 2.45) is 0 Å². The monoisotopic (exact) mass is 211 g/mol. The van der Waals surface area contributed by atoms with Crippen molar-refractivity contribution in [1.29, 1.82) is 0 Å². The van der Waals surface area contributed by atoms with Gasteiger partial charge in [-0.15, -0.1) is 0 Å². The maximum Gasteiger partial charge on any atom is 2.00 e. The molecular formula is C4H4FeNaO5+. The van der Waals surface area contributed by atoms with Gasteiger partial charge >= 0.3 is 46.6 Å². The van der Waals surface area contributed by atoms with E-state index < -0.39 is 24.5 Å².